The van der Waals surface area contributed by atoms with Crippen molar-refractivity contribution in [1.29, 1.82) is 0 Å². The maximum atomic E-state index is 9.07. The number of hydrogen-bond acceptors (Lipinski definition) is 3. The summed E-state index contributed by atoms with van der Waals surface area (Å²) in [6.07, 6.45) is 0.930. The average Bonchev–Trinajstić information content (AvgIpc) is 2.27. The second-order valence-electron chi connectivity index (χ2n) is 5.22. The van der Waals surface area contributed by atoms with E-state index in [-0.39, 0.29) is 12.1 Å². The van der Waals surface area contributed by atoms with E-state index in [1.54, 1.807) is 0 Å². The number of hydrogen-bond donors (Lipinski definition) is 2. The summed E-state index contributed by atoms with van der Waals surface area (Å²) in [5.41, 5.74) is 7.11. The molecule has 0 bridgehead atoms. The van der Waals surface area contributed by atoms with E-state index in [9.17, 15) is 0 Å². The van der Waals surface area contributed by atoms with E-state index in [4.69, 9.17) is 10.8 Å². The molecule has 1 aromatic rings. The molecule has 1 rings (SSSR count). The summed E-state index contributed by atoms with van der Waals surface area (Å²) in [6, 6.07) is 10.3. The first kappa shape index (κ1) is 14.2. The van der Waals surface area contributed by atoms with Crippen molar-refractivity contribution in [3.8, 4) is 0 Å². The summed E-state index contributed by atoms with van der Waals surface area (Å²) in [4.78, 5) is 2.24. The van der Waals surface area contributed by atoms with E-state index in [0.717, 1.165) is 19.5 Å². The summed E-state index contributed by atoms with van der Waals surface area (Å²) < 4.78 is 0. The lowest BCUT2D eigenvalue weighted by Gasteiger charge is -2.26. The van der Waals surface area contributed by atoms with E-state index in [1.807, 2.05) is 32.0 Å². The minimum Gasteiger partial charge on any atom is -0.395 e. The molecule has 0 fully saturated rings. The maximum Gasteiger partial charge on any atom is 0.0558 e. The standard InChI is InChI=1S/C14H24N2O/c1-14(2,15)8-9-16(10-11-17)12-13-6-4-3-5-7-13/h3-7,17H,8-12,15H2,1-2H3. The zero-order valence-corrected chi connectivity index (χ0v) is 10.9. The molecule has 96 valence electrons. The van der Waals surface area contributed by atoms with Gasteiger partial charge in [-0.3, -0.25) is 4.90 Å². The number of aliphatic hydroxyl groups excluding tert-OH is 1. The predicted molar refractivity (Wildman–Crippen MR) is 71.7 cm³/mol. The largest absolute Gasteiger partial charge is 0.395 e. The minimum absolute atomic E-state index is 0.148. The smallest absolute Gasteiger partial charge is 0.0558 e. The highest BCUT2D eigenvalue weighted by molar-refractivity contribution is 5.14. The van der Waals surface area contributed by atoms with Gasteiger partial charge in [-0.05, 0) is 25.8 Å². The van der Waals surface area contributed by atoms with Gasteiger partial charge in [0.25, 0.3) is 0 Å². The molecule has 3 nitrogen and oxygen atoms in total. The van der Waals surface area contributed by atoms with Crippen LogP contribution in [0.25, 0.3) is 0 Å². The van der Waals surface area contributed by atoms with Gasteiger partial charge < -0.3 is 10.8 Å². The Hall–Kier alpha value is -0.900. The van der Waals surface area contributed by atoms with Crippen LogP contribution in [-0.4, -0.2) is 35.2 Å². The molecule has 0 heterocycles. The van der Waals surface area contributed by atoms with Gasteiger partial charge in [-0.1, -0.05) is 30.3 Å². The summed E-state index contributed by atoms with van der Waals surface area (Å²) in [5, 5.41) is 9.07. The molecular weight excluding hydrogens is 212 g/mol. The second kappa shape index (κ2) is 6.74. The predicted octanol–water partition coefficient (Wildman–Crippen LogP) is 1.61. The first-order valence-corrected chi connectivity index (χ1v) is 6.17. The van der Waals surface area contributed by atoms with Crippen molar-refractivity contribution < 1.29 is 5.11 Å². The average molecular weight is 236 g/mol. The summed E-state index contributed by atoms with van der Waals surface area (Å²) in [6.45, 7) is 6.75. The van der Waals surface area contributed by atoms with Crippen LogP contribution in [0.3, 0.4) is 0 Å². The first-order valence-electron chi connectivity index (χ1n) is 6.17. The van der Waals surface area contributed by atoms with Crippen LogP contribution in [0, 0.1) is 0 Å². The molecule has 0 amide bonds. The maximum absolute atomic E-state index is 9.07. The first-order chi connectivity index (χ1) is 8.01. The van der Waals surface area contributed by atoms with E-state index in [0.29, 0.717) is 6.54 Å². The van der Waals surface area contributed by atoms with Crippen LogP contribution in [-0.2, 0) is 6.54 Å². The molecule has 0 aliphatic heterocycles. The lowest BCUT2D eigenvalue weighted by molar-refractivity contribution is 0.180. The van der Waals surface area contributed by atoms with Crippen LogP contribution in [0.4, 0.5) is 0 Å². The van der Waals surface area contributed by atoms with Crippen molar-refractivity contribution in [2.45, 2.75) is 32.4 Å². The van der Waals surface area contributed by atoms with Gasteiger partial charge in [-0.15, -0.1) is 0 Å². The molecule has 3 heteroatoms. The van der Waals surface area contributed by atoms with E-state index in [1.165, 1.54) is 5.56 Å². The van der Waals surface area contributed by atoms with Gasteiger partial charge in [0, 0.05) is 25.2 Å². The number of aliphatic hydroxyl groups is 1. The Morgan fingerprint density at radius 1 is 1.18 bits per heavy atom. The molecule has 0 saturated carbocycles. The van der Waals surface area contributed by atoms with Crippen LogP contribution in [0.15, 0.2) is 30.3 Å². The fraction of sp³-hybridized carbons (Fsp3) is 0.571. The third-order valence-corrected chi connectivity index (χ3v) is 2.74. The van der Waals surface area contributed by atoms with Gasteiger partial charge in [0.15, 0.2) is 0 Å². The fourth-order valence-corrected chi connectivity index (χ4v) is 1.70. The zero-order valence-electron chi connectivity index (χ0n) is 10.9. The van der Waals surface area contributed by atoms with Crippen molar-refractivity contribution in [3.63, 3.8) is 0 Å². The van der Waals surface area contributed by atoms with E-state index in [2.05, 4.69) is 17.0 Å². The number of benzene rings is 1. The molecule has 0 spiro atoms. The van der Waals surface area contributed by atoms with Crippen molar-refractivity contribution in [1.82, 2.24) is 4.90 Å². The molecule has 1 aromatic carbocycles. The highest BCUT2D eigenvalue weighted by Crippen LogP contribution is 2.09. The lowest BCUT2D eigenvalue weighted by Crippen LogP contribution is -2.38. The highest BCUT2D eigenvalue weighted by Gasteiger charge is 2.13. The van der Waals surface area contributed by atoms with Gasteiger partial charge in [0.05, 0.1) is 6.61 Å². The van der Waals surface area contributed by atoms with Gasteiger partial charge in [-0.25, -0.2) is 0 Å². The van der Waals surface area contributed by atoms with Crippen molar-refractivity contribution in [2.24, 2.45) is 5.73 Å². The van der Waals surface area contributed by atoms with Gasteiger partial charge >= 0.3 is 0 Å². The molecule has 3 N–H and O–H groups in total. The van der Waals surface area contributed by atoms with E-state index >= 15 is 0 Å². The molecule has 0 unspecified atom stereocenters. The Labute approximate surface area is 104 Å². The zero-order chi connectivity index (χ0) is 12.7. The Kier molecular flexibility index (Phi) is 5.62. The van der Waals surface area contributed by atoms with Crippen LogP contribution in [0.2, 0.25) is 0 Å². The van der Waals surface area contributed by atoms with Crippen LogP contribution < -0.4 is 5.73 Å². The van der Waals surface area contributed by atoms with Gasteiger partial charge in [-0.2, -0.15) is 0 Å². The van der Waals surface area contributed by atoms with Crippen molar-refractivity contribution in [2.75, 3.05) is 19.7 Å². The van der Waals surface area contributed by atoms with Crippen LogP contribution >= 0.6 is 0 Å². The SMILES string of the molecule is CC(C)(N)CCN(CCO)Cc1ccccc1. The third-order valence-electron chi connectivity index (χ3n) is 2.74. The minimum atomic E-state index is -0.148. The Balaban J connectivity index is 2.49. The number of nitrogens with zero attached hydrogens (tertiary/aromatic N) is 1. The highest BCUT2D eigenvalue weighted by atomic mass is 16.3. The van der Waals surface area contributed by atoms with Crippen molar-refractivity contribution >= 4 is 0 Å². The fourth-order valence-electron chi connectivity index (χ4n) is 1.70. The Morgan fingerprint density at radius 3 is 2.35 bits per heavy atom. The van der Waals surface area contributed by atoms with Crippen molar-refractivity contribution in [3.05, 3.63) is 35.9 Å². The molecule has 0 aromatic heterocycles. The Morgan fingerprint density at radius 2 is 1.82 bits per heavy atom. The molecule has 0 radical (unpaired) electrons. The topological polar surface area (TPSA) is 49.5 Å². The number of rotatable bonds is 7. The molecule has 17 heavy (non-hydrogen) atoms. The summed E-state index contributed by atoms with van der Waals surface area (Å²) >= 11 is 0. The number of nitrogens with two attached hydrogens (primary N) is 1. The molecule has 0 atom stereocenters. The summed E-state index contributed by atoms with van der Waals surface area (Å²) in [7, 11) is 0. The summed E-state index contributed by atoms with van der Waals surface area (Å²) in [5.74, 6) is 0. The molecular formula is C14H24N2O. The van der Waals surface area contributed by atoms with Crippen LogP contribution in [0.5, 0.6) is 0 Å². The lowest BCUT2D eigenvalue weighted by atomic mass is 10.0. The van der Waals surface area contributed by atoms with Gasteiger partial charge in [0.1, 0.15) is 0 Å². The molecule has 0 aliphatic rings. The van der Waals surface area contributed by atoms with E-state index < -0.39 is 0 Å². The molecule has 0 aliphatic carbocycles. The molecule has 0 saturated heterocycles. The van der Waals surface area contributed by atoms with Gasteiger partial charge in [0.2, 0.25) is 0 Å². The normalized spacial score (nSPS) is 12.1. The second-order valence-corrected chi connectivity index (χ2v) is 5.22. The third kappa shape index (κ3) is 6.41. The van der Waals surface area contributed by atoms with Crippen LogP contribution in [0.1, 0.15) is 25.8 Å². The monoisotopic (exact) mass is 236 g/mol. The Bertz CT molecular complexity index is 306. The quantitative estimate of drug-likeness (QED) is 0.756.